The van der Waals surface area contributed by atoms with E-state index in [1.165, 1.54) is 37.0 Å². The topological polar surface area (TPSA) is 53.4 Å². The lowest BCUT2D eigenvalue weighted by Crippen LogP contribution is -2.29. The van der Waals surface area contributed by atoms with E-state index in [0.29, 0.717) is 5.56 Å². The molecular weight excluding hydrogens is 212 g/mol. The van der Waals surface area contributed by atoms with Crippen molar-refractivity contribution in [3.63, 3.8) is 0 Å². The van der Waals surface area contributed by atoms with Crippen molar-refractivity contribution in [3.8, 4) is 0 Å². The third-order valence-corrected chi connectivity index (χ3v) is 3.47. The van der Waals surface area contributed by atoms with Gasteiger partial charge >= 0.3 is 5.97 Å². The Hall–Kier alpha value is -0.940. The smallest absolute Gasteiger partial charge is 0.338 e. The standard InChI is InChI=1S/C10H14N2O2S/c13-10(14)8-6-11-15-9(8)7-12-4-2-1-3-5-12/h6H,1-5,7H2,(H,13,14). The molecule has 0 radical (unpaired) electrons. The summed E-state index contributed by atoms with van der Waals surface area (Å²) >= 11 is 1.30. The van der Waals surface area contributed by atoms with Crippen molar-refractivity contribution in [2.45, 2.75) is 25.8 Å². The highest BCUT2D eigenvalue weighted by atomic mass is 32.1. The summed E-state index contributed by atoms with van der Waals surface area (Å²) in [5.74, 6) is -0.865. The third kappa shape index (κ3) is 2.54. The molecule has 82 valence electrons. The van der Waals surface area contributed by atoms with Gasteiger partial charge in [0.1, 0.15) is 0 Å². The van der Waals surface area contributed by atoms with Gasteiger partial charge in [0, 0.05) is 6.54 Å². The minimum Gasteiger partial charge on any atom is -0.478 e. The van der Waals surface area contributed by atoms with Crippen LogP contribution in [0.25, 0.3) is 0 Å². The van der Waals surface area contributed by atoms with Crippen LogP contribution in [0, 0.1) is 0 Å². The summed E-state index contributed by atoms with van der Waals surface area (Å²) in [5, 5.41) is 8.93. The third-order valence-electron chi connectivity index (χ3n) is 2.69. The Morgan fingerprint density at radius 1 is 1.47 bits per heavy atom. The van der Waals surface area contributed by atoms with Gasteiger partial charge in [0.25, 0.3) is 0 Å². The molecule has 1 fully saturated rings. The second-order valence-electron chi connectivity index (χ2n) is 3.80. The molecule has 1 N–H and O–H groups in total. The molecule has 1 aliphatic heterocycles. The second-order valence-corrected chi connectivity index (χ2v) is 4.69. The highest BCUT2D eigenvalue weighted by Gasteiger charge is 2.17. The Morgan fingerprint density at radius 3 is 2.87 bits per heavy atom. The van der Waals surface area contributed by atoms with Gasteiger partial charge in [0.15, 0.2) is 0 Å². The molecule has 0 spiro atoms. The zero-order valence-corrected chi connectivity index (χ0v) is 9.29. The molecule has 1 aromatic heterocycles. The lowest BCUT2D eigenvalue weighted by Gasteiger charge is -2.25. The molecule has 1 aromatic rings. The molecular formula is C10H14N2O2S. The summed E-state index contributed by atoms with van der Waals surface area (Å²) < 4.78 is 3.94. The van der Waals surface area contributed by atoms with Crippen molar-refractivity contribution in [2.24, 2.45) is 0 Å². The molecule has 5 heteroatoms. The number of piperidine rings is 1. The van der Waals surface area contributed by atoms with Gasteiger partial charge in [-0.1, -0.05) is 6.42 Å². The number of carboxylic acid groups (broad SMARTS) is 1. The first kappa shape index (κ1) is 10.6. The zero-order chi connectivity index (χ0) is 10.7. The van der Waals surface area contributed by atoms with Gasteiger partial charge in [-0.25, -0.2) is 4.79 Å². The van der Waals surface area contributed by atoms with Crippen molar-refractivity contribution in [1.29, 1.82) is 0 Å². The molecule has 1 saturated heterocycles. The fraction of sp³-hybridized carbons (Fsp3) is 0.600. The van der Waals surface area contributed by atoms with E-state index >= 15 is 0 Å². The number of carboxylic acids is 1. The van der Waals surface area contributed by atoms with Gasteiger partial charge in [-0.15, -0.1) is 0 Å². The minimum atomic E-state index is -0.865. The molecule has 0 aliphatic carbocycles. The number of likely N-dealkylation sites (tertiary alicyclic amines) is 1. The highest BCUT2D eigenvalue weighted by molar-refractivity contribution is 7.06. The molecule has 2 rings (SSSR count). The summed E-state index contributed by atoms with van der Waals surface area (Å²) in [7, 11) is 0. The average molecular weight is 226 g/mol. The number of carbonyl (C=O) groups is 1. The van der Waals surface area contributed by atoms with E-state index < -0.39 is 5.97 Å². The summed E-state index contributed by atoms with van der Waals surface area (Å²) in [4.78, 5) is 14.1. The van der Waals surface area contributed by atoms with E-state index in [1.807, 2.05) is 0 Å². The van der Waals surface area contributed by atoms with Crippen LogP contribution in [0.1, 0.15) is 34.5 Å². The van der Waals surface area contributed by atoms with Gasteiger partial charge in [0.2, 0.25) is 0 Å². The van der Waals surface area contributed by atoms with Gasteiger partial charge in [-0.05, 0) is 37.5 Å². The summed E-state index contributed by atoms with van der Waals surface area (Å²) in [6.45, 7) is 2.90. The first-order valence-corrected chi connectivity index (χ1v) is 5.94. The van der Waals surface area contributed by atoms with E-state index in [-0.39, 0.29) is 0 Å². The van der Waals surface area contributed by atoms with Crippen molar-refractivity contribution in [2.75, 3.05) is 13.1 Å². The maximum absolute atomic E-state index is 10.9. The SMILES string of the molecule is O=C(O)c1cnsc1CN1CCCCC1. The van der Waals surface area contributed by atoms with Crippen LogP contribution in [0.5, 0.6) is 0 Å². The van der Waals surface area contributed by atoms with E-state index in [9.17, 15) is 4.79 Å². The zero-order valence-electron chi connectivity index (χ0n) is 8.48. The largest absolute Gasteiger partial charge is 0.478 e. The van der Waals surface area contributed by atoms with Crippen LogP contribution >= 0.6 is 11.5 Å². The predicted molar refractivity (Wildman–Crippen MR) is 58.2 cm³/mol. The summed E-state index contributed by atoms with van der Waals surface area (Å²) in [6.07, 6.45) is 5.19. The maximum atomic E-state index is 10.9. The molecule has 1 aliphatic rings. The first-order chi connectivity index (χ1) is 7.27. The summed E-state index contributed by atoms with van der Waals surface area (Å²) in [5.41, 5.74) is 0.366. The lowest BCUT2D eigenvalue weighted by atomic mass is 10.1. The fourth-order valence-electron chi connectivity index (χ4n) is 1.87. The monoisotopic (exact) mass is 226 g/mol. The van der Waals surface area contributed by atoms with Gasteiger partial charge < -0.3 is 5.11 Å². The molecule has 0 unspecified atom stereocenters. The van der Waals surface area contributed by atoms with E-state index in [1.54, 1.807) is 0 Å². The van der Waals surface area contributed by atoms with Crippen LogP contribution in [0.2, 0.25) is 0 Å². The Morgan fingerprint density at radius 2 is 2.20 bits per heavy atom. The van der Waals surface area contributed by atoms with Gasteiger partial charge in [-0.2, -0.15) is 4.37 Å². The number of nitrogens with zero attached hydrogens (tertiary/aromatic N) is 2. The molecule has 0 saturated carbocycles. The highest BCUT2D eigenvalue weighted by Crippen LogP contribution is 2.18. The maximum Gasteiger partial charge on any atom is 0.338 e. The van der Waals surface area contributed by atoms with Crippen molar-refractivity contribution >= 4 is 17.5 Å². The molecule has 15 heavy (non-hydrogen) atoms. The number of hydrogen-bond donors (Lipinski definition) is 1. The van der Waals surface area contributed by atoms with E-state index in [2.05, 4.69) is 9.27 Å². The summed E-state index contributed by atoms with van der Waals surface area (Å²) in [6, 6.07) is 0. The van der Waals surface area contributed by atoms with Gasteiger partial charge in [-0.3, -0.25) is 4.90 Å². The van der Waals surface area contributed by atoms with E-state index in [4.69, 9.17) is 5.11 Å². The molecule has 0 amide bonds. The van der Waals surface area contributed by atoms with E-state index in [0.717, 1.165) is 24.5 Å². The van der Waals surface area contributed by atoms with Gasteiger partial charge in [0.05, 0.1) is 16.6 Å². The van der Waals surface area contributed by atoms with Crippen LogP contribution in [0.15, 0.2) is 6.20 Å². The molecule has 0 atom stereocenters. The molecule has 0 bridgehead atoms. The number of aromatic nitrogens is 1. The van der Waals surface area contributed by atoms with Crippen molar-refractivity contribution < 1.29 is 9.90 Å². The van der Waals surface area contributed by atoms with Crippen LogP contribution in [-0.4, -0.2) is 33.4 Å². The molecule has 0 aromatic carbocycles. The lowest BCUT2D eigenvalue weighted by molar-refractivity contribution is 0.0695. The molecule has 2 heterocycles. The normalized spacial score (nSPS) is 17.9. The Labute approximate surface area is 92.7 Å². The second kappa shape index (κ2) is 4.72. The van der Waals surface area contributed by atoms with Crippen LogP contribution in [0.4, 0.5) is 0 Å². The predicted octanol–water partition coefficient (Wildman–Crippen LogP) is 1.83. The van der Waals surface area contributed by atoms with Crippen LogP contribution in [-0.2, 0) is 6.54 Å². The number of rotatable bonds is 3. The minimum absolute atomic E-state index is 0.366. The average Bonchev–Trinajstić information content (AvgIpc) is 2.67. The van der Waals surface area contributed by atoms with Crippen LogP contribution < -0.4 is 0 Å². The Balaban J connectivity index is 2.03. The molecule has 4 nitrogen and oxygen atoms in total. The Bertz CT molecular complexity index is 345. The number of hydrogen-bond acceptors (Lipinski definition) is 4. The first-order valence-electron chi connectivity index (χ1n) is 5.16. The van der Waals surface area contributed by atoms with Crippen molar-refractivity contribution in [1.82, 2.24) is 9.27 Å². The fourth-order valence-corrected chi connectivity index (χ4v) is 2.64. The van der Waals surface area contributed by atoms with Crippen molar-refractivity contribution in [3.05, 3.63) is 16.6 Å². The number of aromatic carboxylic acids is 1. The van der Waals surface area contributed by atoms with Crippen LogP contribution in [0.3, 0.4) is 0 Å². The quantitative estimate of drug-likeness (QED) is 0.854. The Kier molecular flexibility index (Phi) is 3.33.